The van der Waals surface area contributed by atoms with Crippen LogP contribution in [-0.2, 0) is 4.79 Å². The van der Waals surface area contributed by atoms with Crippen LogP contribution in [0.25, 0.3) is 0 Å². The van der Waals surface area contributed by atoms with Gasteiger partial charge in [0, 0.05) is 13.5 Å². The summed E-state index contributed by atoms with van der Waals surface area (Å²) in [6.45, 7) is 5.84. The second-order valence-corrected chi connectivity index (χ2v) is 2.29. The molecule has 2 nitrogen and oxygen atoms in total. The average Bonchev–Trinajstić information content (AvgIpc) is 1.96. The monoisotopic (exact) mass is 153 g/mol. The van der Waals surface area contributed by atoms with E-state index in [4.69, 9.17) is 0 Å². The largest absolute Gasteiger partial charge is 0.356 e. The molecule has 11 heavy (non-hydrogen) atoms. The van der Waals surface area contributed by atoms with Crippen LogP contribution in [0.4, 0.5) is 0 Å². The maximum absolute atomic E-state index is 10.4. The van der Waals surface area contributed by atoms with Gasteiger partial charge in [-0.05, 0) is 12.8 Å². The van der Waals surface area contributed by atoms with E-state index < -0.39 is 0 Å². The number of carbonyl (C=O) groups is 1. The molecule has 2 heteroatoms. The van der Waals surface area contributed by atoms with Crippen LogP contribution in [0.15, 0.2) is 24.8 Å². The molecule has 0 saturated heterocycles. The second kappa shape index (κ2) is 7.06. The number of amides is 1. The molecule has 0 radical (unpaired) electrons. The summed E-state index contributed by atoms with van der Waals surface area (Å²) >= 11 is 0. The fourth-order valence-corrected chi connectivity index (χ4v) is 0.677. The molecule has 0 rings (SSSR count). The fourth-order valence-electron chi connectivity index (χ4n) is 0.677. The lowest BCUT2D eigenvalue weighted by Crippen LogP contribution is -2.20. The average molecular weight is 153 g/mol. The van der Waals surface area contributed by atoms with E-state index in [2.05, 4.69) is 11.9 Å². The normalized spacial score (nSPS) is 9.91. The Morgan fingerprint density at radius 1 is 1.64 bits per heavy atom. The third kappa shape index (κ3) is 8.95. The van der Waals surface area contributed by atoms with E-state index >= 15 is 0 Å². The Bertz CT molecular complexity index is 150. The summed E-state index contributed by atoms with van der Waals surface area (Å²) in [5.41, 5.74) is 0. The van der Waals surface area contributed by atoms with Crippen LogP contribution in [0.1, 0.15) is 19.8 Å². The van der Waals surface area contributed by atoms with E-state index in [0.717, 1.165) is 19.4 Å². The van der Waals surface area contributed by atoms with E-state index in [-0.39, 0.29) is 5.91 Å². The first kappa shape index (κ1) is 9.95. The lowest BCUT2D eigenvalue weighted by molar-refractivity contribution is -0.118. The molecule has 0 aromatic rings. The molecule has 0 fully saturated rings. The van der Waals surface area contributed by atoms with E-state index in [1.54, 1.807) is 6.08 Å². The Kier molecular flexibility index (Phi) is 6.39. The van der Waals surface area contributed by atoms with Crippen molar-refractivity contribution in [2.24, 2.45) is 0 Å². The third-order valence-electron chi connectivity index (χ3n) is 1.19. The van der Waals surface area contributed by atoms with Crippen LogP contribution in [0.3, 0.4) is 0 Å². The van der Waals surface area contributed by atoms with Gasteiger partial charge >= 0.3 is 0 Å². The predicted octanol–water partition coefficient (Wildman–Crippen LogP) is 1.64. The minimum Gasteiger partial charge on any atom is -0.356 e. The highest BCUT2D eigenvalue weighted by Gasteiger charge is 1.87. The Morgan fingerprint density at radius 3 is 2.91 bits per heavy atom. The van der Waals surface area contributed by atoms with Crippen molar-refractivity contribution in [3.63, 3.8) is 0 Å². The van der Waals surface area contributed by atoms with Crippen LogP contribution >= 0.6 is 0 Å². The van der Waals surface area contributed by atoms with Crippen molar-refractivity contribution in [3.8, 4) is 0 Å². The van der Waals surface area contributed by atoms with E-state index in [0.29, 0.717) is 0 Å². The molecular formula is C9H15NO. The molecule has 0 aromatic heterocycles. The molecule has 0 spiro atoms. The van der Waals surface area contributed by atoms with Crippen molar-refractivity contribution >= 4 is 5.91 Å². The van der Waals surface area contributed by atoms with Gasteiger partial charge in [0.1, 0.15) is 0 Å². The van der Waals surface area contributed by atoms with Crippen molar-refractivity contribution < 1.29 is 4.79 Å². The zero-order valence-corrected chi connectivity index (χ0v) is 6.97. The minimum absolute atomic E-state index is 0.0395. The smallest absolute Gasteiger partial charge is 0.216 e. The molecule has 0 atom stereocenters. The number of allylic oxidation sites excluding steroid dienone is 3. The lowest BCUT2D eigenvalue weighted by atomic mass is 10.3. The molecule has 0 aliphatic heterocycles. The topological polar surface area (TPSA) is 29.1 Å². The first-order valence-electron chi connectivity index (χ1n) is 3.79. The maximum Gasteiger partial charge on any atom is 0.216 e. The van der Waals surface area contributed by atoms with E-state index in [9.17, 15) is 4.79 Å². The standard InChI is InChI=1S/C9H15NO/c1-3-4-5-6-7-8-10-9(2)11/h3-5H,1,6-8H2,2H3,(H,10,11)/b5-4-. The summed E-state index contributed by atoms with van der Waals surface area (Å²) in [5, 5.41) is 2.72. The summed E-state index contributed by atoms with van der Waals surface area (Å²) in [6, 6.07) is 0. The van der Waals surface area contributed by atoms with Gasteiger partial charge in [-0.25, -0.2) is 0 Å². The Balaban J connectivity index is 3.08. The number of hydrogen-bond acceptors (Lipinski definition) is 1. The molecule has 0 aliphatic rings. The number of nitrogens with one attached hydrogen (secondary N) is 1. The van der Waals surface area contributed by atoms with Crippen LogP contribution in [-0.4, -0.2) is 12.5 Å². The summed E-state index contributed by atoms with van der Waals surface area (Å²) in [7, 11) is 0. The van der Waals surface area contributed by atoms with Gasteiger partial charge in [0.2, 0.25) is 5.91 Å². The van der Waals surface area contributed by atoms with Gasteiger partial charge < -0.3 is 5.32 Å². The number of unbranched alkanes of at least 4 members (excludes halogenated alkanes) is 1. The highest BCUT2D eigenvalue weighted by Crippen LogP contribution is 1.88. The van der Waals surface area contributed by atoms with Gasteiger partial charge in [-0.1, -0.05) is 24.8 Å². The van der Waals surface area contributed by atoms with Gasteiger partial charge in [0.25, 0.3) is 0 Å². The van der Waals surface area contributed by atoms with Gasteiger partial charge in [-0.2, -0.15) is 0 Å². The molecule has 1 amide bonds. The molecule has 1 N–H and O–H groups in total. The highest BCUT2D eigenvalue weighted by molar-refractivity contribution is 5.72. The number of rotatable bonds is 5. The second-order valence-electron chi connectivity index (χ2n) is 2.29. The van der Waals surface area contributed by atoms with Crippen molar-refractivity contribution in [1.29, 1.82) is 0 Å². The van der Waals surface area contributed by atoms with Crippen molar-refractivity contribution in [2.45, 2.75) is 19.8 Å². The minimum atomic E-state index is 0.0395. The van der Waals surface area contributed by atoms with Crippen LogP contribution in [0.5, 0.6) is 0 Å². The molecule has 0 saturated carbocycles. The van der Waals surface area contributed by atoms with Crippen molar-refractivity contribution in [1.82, 2.24) is 5.32 Å². The lowest BCUT2D eigenvalue weighted by Gasteiger charge is -1.97. The fraction of sp³-hybridized carbons (Fsp3) is 0.444. The van der Waals surface area contributed by atoms with Crippen LogP contribution in [0, 0.1) is 0 Å². The molecule has 0 heterocycles. The SMILES string of the molecule is C=C/C=C\CCCNC(C)=O. The summed E-state index contributed by atoms with van der Waals surface area (Å²) < 4.78 is 0. The number of carbonyl (C=O) groups excluding carboxylic acids is 1. The first-order chi connectivity index (χ1) is 5.27. The zero-order chi connectivity index (χ0) is 8.53. The highest BCUT2D eigenvalue weighted by atomic mass is 16.1. The Morgan fingerprint density at radius 2 is 2.36 bits per heavy atom. The molecule has 0 aromatic carbocycles. The summed E-state index contributed by atoms with van der Waals surface area (Å²) in [6.07, 6.45) is 7.68. The first-order valence-corrected chi connectivity index (χ1v) is 3.79. The van der Waals surface area contributed by atoms with Gasteiger partial charge in [0.15, 0.2) is 0 Å². The number of hydrogen-bond donors (Lipinski definition) is 1. The van der Waals surface area contributed by atoms with Crippen LogP contribution in [0.2, 0.25) is 0 Å². The molecule has 62 valence electrons. The van der Waals surface area contributed by atoms with Gasteiger partial charge in [-0.3, -0.25) is 4.79 Å². The Hall–Kier alpha value is -1.05. The summed E-state index contributed by atoms with van der Waals surface area (Å²) in [4.78, 5) is 10.4. The Labute approximate surface area is 68.0 Å². The molecule has 0 aliphatic carbocycles. The molecule has 0 bridgehead atoms. The molecular weight excluding hydrogens is 138 g/mol. The zero-order valence-electron chi connectivity index (χ0n) is 6.97. The predicted molar refractivity (Wildman–Crippen MR) is 47.3 cm³/mol. The van der Waals surface area contributed by atoms with Crippen molar-refractivity contribution in [3.05, 3.63) is 24.8 Å². The third-order valence-corrected chi connectivity index (χ3v) is 1.19. The maximum atomic E-state index is 10.4. The van der Waals surface area contributed by atoms with E-state index in [1.165, 1.54) is 6.92 Å². The molecule has 0 unspecified atom stereocenters. The van der Waals surface area contributed by atoms with Gasteiger partial charge in [-0.15, -0.1) is 0 Å². The van der Waals surface area contributed by atoms with E-state index in [1.807, 2.05) is 12.2 Å². The summed E-state index contributed by atoms with van der Waals surface area (Å²) in [5.74, 6) is 0.0395. The quantitative estimate of drug-likeness (QED) is 0.472. The van der Waals surface area contributed by atoms with Crippen LogP contribution < -0.4 is 5.32 Å². The van der Waals surface area contributed by atoms with Crippen molar-refractivity contribution in [2.75, 3.05) is 6.54 Å². The van der Waals surface area contributed by atoms with Gasteiger partial charge in [0.05, 0.1) is 0 Å².